The number of furan rings is 1. The Labute approximate surface area is 181 Å². The highest BCUT2D eigenvalue weighted by Gasteiger charge is 2.28. The molecule has 3 aromatic heterocycles. The van der Waals surface area contributed by atoms with E-state index in [-0.39, 0.29) is 23.2 Å². The van der Waals surface area contributed by atoms with E-state index in [4.69, 9.17) is 8.94 Å². The summed E-state index contributed by atoms with van der Waals surface area (Å²) in [5.41, 5.74) is -0.0705. The number of rotatable bonds is 5. The van der Waals surface area contributed by atoms with E-state index >= 15 is 0 Å². The smallest absolute Gasteiger partial charge is 0.348 e. The second-order valence-corrected chi connectivity index (χ2v) is 7.73. The van der Waals surface area contributed by atoms with Crippen molar-refractivity contribution in [1.82, 2.24) is 24.8 Å². The minimum absolute atomic E-state index is 0.173. The van der Waals surface area contributed by atoms with Crippen molar-refractivity contribution in [2.75, 3.05) is 13.1 Å². The summed E-state index contributed by atoms with van der Waals surface area (Å²) in [6, 6.07) is 11.1. The van der Waals surface area contributed by atoms with Gasteiger partial charge in [0.1, 0.15) is 11.6 Å². The van der Waals surface area contributed by atoms with Crippen molar-refractivity contribution in [1.29, 1.82) is 0 Å². The normalized spacial score (nSPS) is 14.7. The van der Waals surface area contributed by atoms with Crippen LogP contribution in [0.15, 0.2) is 62.5 Å². The first kappa shape index (κ1) is 20.0. The quantitative estimate of drug-likeness (QED) is 0.514. The van der Waals surface area contributed by atoms with Gasteiger partial charge in [-0.3, -0.25) is 4.79 Å². The van der Waals surface area contributed by atoms with Gasteiger partial charge >= 0.3 is 5.69 Å². The minimum Gasteiger partial charge on any atom is -0.461 e. The molecule has 0 unspecified atom stereocenters. The predicted octanol–water partition coefficient (Wildman–Crippen LogP) is 3.04. The van der Waals surface area contributed by atoms with Gasteiger partial charge in [0, 0.05) is 25.6 Å². The molecule has 0 bridgehead atoms. The van der Waals surface area contributed by atoms with Crippen molar-refractivity contribution in [3.63, 3.8) is 0 Å². The third kappa shape index (κ3) is 3.75. The maximum absolute atomic E-state index is 14.2. The first-order valence-corrected chi connectivity index (χ1v) is 10.3. The number of carbonyl (C=O) groups is 1. The van der Waals surface area contributed by atoms with E-state index in [0.29, 0.717) is 36.9 Å². The summed E-state index contributed by atoms with van der Waals surface area (Å²) in [6.07, 6.45) is 3.48. The molecule has 4 aromatic rings. The fourth-order valence-corrected chi connectivity index (χ4v) is 4.02. The number of piperidine rings is 1. The van der Waals surface area contributed by atoms with E-state index in [9.17, 15) is 14.0 Å². The fourth-order valence-electron chi connectivity index (χ4n) is 4.02. The first-order chi connectivity index (χ1) is 15.6. The number of aromatic nitrogens is 4. The van der Waals surface area contributed by atoms with Crippen LogP contribution >= 0.6 is 0 Å². The van der Waals surface area contributed by atoms with Gasteiger partial charge in [-0.25, -0.2) is 18.9 Å². The highest BCUT2D eigenvalue weighted by atomic mass is 19.1. The van der Waals surface area contributed by atoms with Gasteiger partial charge in [-0.15, -0.1) is 0 Å². The fraction of sp³-hybridized carbons (Fsp3) is 0.273. The molecule has 0 saturated carbocycles. The van der Waals surface area contributed by atoms with Crippen LogP contribution in [-0.2, 0) is 6.42 Å². The largest absolute Gasteiger partial charge is 0.461 e. The Bertz CT molecular complexity index is 1280. The summed E-state index contributed by atoms with van der Waals surface area (Å²) in [5.74, 6) is 0.903. The number of para-hydroxylation sites is 1. The molecule has 1 N–H and O–H groups in total. The average Bonchev–Trinajstić information content (AvgIpc) is 3.56. The van der Waals surface area contributed by atoms with Gasteiger partial charge in [-0.05, 0) is 43.0 Å². The Hall–Kier alpha value is -3.95. The molecule has 1 aliphatic heterocycles. The SMILES string of the molecule is O=C(c1cc(-c2ccco2)on1)N1CCC(Cc2n[nH]c(=O)n2-c2ccccc2F)CC1. The van der Waals surface area contributed by atoms with Crippen LogP contribution < -0.4 is 5.69 Å². The van der Waals surface area contributed by atoms with Gasteiger partial charge < -0.3 is 13.8 Å². The van der Waals surface area contributed by atoms with Gasteiger partial charge in [0.2, 0.25) is 5.76 Å². The van der Waals surface area contributed by atoms with Crippen LogP contribution in [0.3, 0.4) is 0 Å². The Morgan fingerprint density at radius 2 is 1.97 bits per heavy atom. The van der Waals surface area contributed by atoms with E-state index in [0.717, 1.165) is 12.8 Å². The van der Waals surface area contributed by atoms with Crippen LogP contribution in [0, 0.1) is 11.7 Å². The molecule has 32 heavy (non-hydrogen) atoms. The zero-order valence-corrected chi connectivity index (χ0v) is 17.0. The summed E-state index contributed by atoms with van der Waals surface area (Å²) in [7, 11) is 0. The lowest BCUT2D eigenvalue weighted by Crippen LogP contribution is -2.39. The van der Waals surface area contributed by atoms with Crippen molar-refractivity contribution in [3.05, 3.63) is 76.5 Å². The van der Waals surface area contributed by atoms with Crippen LogP contribution in [0.2, 0.25) is 0 Å². The van der Waals surface area contributed by atoms with Crippen LogP contribution in [0.25, 0.3) is 17.2 Å². The molecule has 5 rings (SSSR count). The van der Waals surface area contributed by atoms with E-state index < -0.39 is 11.5 Å². The molecule has 1 aromatic carbocycles. The van der Waals surface area contributed by atoms with E-state index in [1.54, 1.807) is 41.3 Å². The summed E-state index contributed by atoms with van der Waals surface area (Å²) in [5, 5.41) is 10.4. The molecule has 0 atom stereocenters. The van der Waals surface area contributed by atoms with Crippen molar-refractivity contribution in [3.8, 4) is 17.2 Å². The van der Waals surface area contributed by atoms with Crippen molar-refractivity contribution < 1.29 is 18.1 Å². The summed E-state index contributed by atoms with van der Waals surface area (Å²) < 4.78 is 26.0. The molecule has 9 nitrogen and oxygen atoms in total. The number of H-pyrrole nitrogens is 1. The van der Waals surface area contributed by atoms with E-state index in [1.165, 1.54) is 16.9 Å². The number of hydrogen-bond donors (Lipinski definition) is 1. The van der Waals surface area contributed by atoms with Crippen LogP contribution in [-0.4, -0.2) is 43.8 Å². The lowest BCUT2D eigenvalue weighted by atomic mass is 9.93. The Balaban J connectivity index is 1.24. The molecular formula is C22H20FN5O4. The van der Waals surface area contributed by atoms with Gasteiger partial charge in [-0.2, -0.15) is 5.10 Å². The second-order valence-electron chi connectivity index (χ2n) is 7.73. The van der Waals surface area contributed by atoms with Gasteiger partial charge in [0.25, 0.3) is 5.91 Å². The number of hydrogen-bond acceptors (Lipinski definition) is 6. The van der Waals surface area contributed by atoms with Crippen LogP contribution in [0.5, 0.6) is 0 Å². The van der Waals surface area contributed by atoms with Gasteiger partial charge in [0.05, 0.1) is 12.0 Å². The third-order valence-electron chi connectivity index (χ3n) is 5.70. The maximum atomic E-state index is 14.2. The molecule has 0 radical (unpaired) electrons. The number of aromatic amines is 1. The molecule has 164 valence electrons. The lowest BCUT2D eigenvalue weighted by molar-refractivity contribution is 0.0679. The lowest BCUT2D eigenvalue weighted by Gasteiger charge is -2.31. The zero-order valence-electron chi connectivity index (χ0n) is 17.0. The van der Waals surface area contributed by atoms with Crippen molar-refractivity contribution >= 4 is 5.91 Å². The highest BCUT2D eigenvalue weighted by molar-refractivity contribution is 5.93. The topological polar surface area (TPSA) is 110 Å². The average molecular weight is 437 g/mol. The number of nitrogens with zero attached hydrogens (tertiary/aromatic N) is 4. The van der Waals surface area contributed by atoms with Crippen LogP contribution in [0.4, 0.5) is 4.39 Å². The number of amides is 1. The maximum Gasteiger partial charge on any atom is 0.348 e. The van der Waals surface area contributed by atoms with Gasteiger partial charge in [-0.1, -0.05) is 17.3 Å². The van der Waals surface area contributed by atoms with Crippen LogP contribution in [0.1, 0.15) is 29.2 Å². The molecule has 1 saturated heterocycles. The molecule has 0 spiro atoms. The number of nitrogens with one attached hydrogen (secondary N) is 1. The molecule has 10 heteroatoms. The predicted molar refractivity (Wildman–Crippen MR) is 111 cm³/mol. The monoisotopic (exact) mass is 437 g/mol. The first-order valence-electron chi connectivity index (χ1n) is 10.3. The Morgan fingerprint density at radius 1 is 1.16 bits per heavy atom. The number of likely N-dealkylation sites (tertiary alicyclic amines) is 1. The summed E-state index contributed by atoms with van der Waals surface area (Å²) in [6.45, 7) is 1.08. The van der Waals surface area contributed by atoms with E-state index in [1.807, 2.05) is 0 Å². The Morgan fingerprint density at radius 3 is 2.72 bits per heavy atom. The summed E-state index contributed by atoms with van der Waals surface area (Å²) >= 11 is 0. The highest BCUT2D eigenvalue weighted by Crippen LogP contribution is 2.25. The second kappa shape index (κ2) is 8.29. The molecule has 1 aliphatic rings. The zero-order chi connectivity index (χ0) is 22.1. The molecule has 0 aliphatic carbocycles. The minimum atomic E-state index is -0.487. The number of halogens is 1. The molecule has 1 amide bonds. The number of carbonyl (C=O) groups excluding carboxylic acids is 1. The van der Waals surface area contributed by atoms with Crippen molar-refractivity contribution in [2.24, 2.45) is 5.92 Å². The number of benzene rings is 1. The van der Waals surface area contributed by atoms with Gasteiger partial charge in [0.15, 0.2) is 11.5 Å². The Kier molecular flexibility index (Phi) is 5.18. The third-order valence-corrected chi connectivity index (χ3v) is 5.70. The van der Waals surface area contributed by atoms with E-state index in [2.05, 4.69) is 15.4 Å². The molecular weight excluding hydrogens is 417 g/mol. The van der Waals surface area contributed by atoms with Crippen molar-refractivity contribution in [2.45, 2.75) is 19.3 Å². The molecule has 4 heterocycles. The molecule has 1 fully saturated rings. The summed E-state index contributed by atoms with van der Waals surface area (Å²) in [4.78, 5) is 26.7. The standard InChI is InChI=1S/C22H20FN5O4/c23-15-4-1-2-5-17(15)28-20(24-25-22(28)30)12-14-7-9-27(10-8-14)21(29)16-13-19(32-26-16)18-6-3-11-31-18/h1-6,11,13-14H,7-10,12H2,(H,25,30).